The lowest BCUT2D eigenvalue weighted by Gasteiger charge is -2.13. The maximum absolute atomic E-state index is 12.8. The second-order valence-corrected chi connectivity index (χ2v) is 5.70. The minimum Gasteiger partial charge on any atom is -0.469 e. The molecular weight excluding hydrogens is 377 g/mol. The Morgan fingerprint density at radius 1 is 0.964 bits per heavy atom. The monoisotopic (exact) mass is 394 g/mol. The van der Waals surface area contributed by atoms with Crippen LogP contribution in [0.2, 0.25) is 0 Å². The Morgan fingerprint density at radius 2 is 1.68 bits per heavy atom. The molecule has 0 radical (unpaired) electrons. The highest BCUT2D eigenvalue weighted by molar-refractivity contribution is 6.10. The second kappa shape index (κ2) is 9.03. The molecule has 2 rings (SSSR count). The van der Waals surface area contributed by atoms with E-state index in [2.05, 4.69) is 15.4 Å². The predicted molar refractivity (Wildman–Crippen MR) is 95.7 cm³/mol. The van der Waals surface area contributed by atoms with E-state index < -0.39 is 29.5 Å². The van der Waals surface area contributed by atoms with Crippen molar-refractivity contribution < 1.29 is 32.3 Å². The Hall–Kier alpha value is -3.36. The summed E-state index contributed by atoms with van der Waals surface area (Å²) < 4.78 is 42.8. The van der Waals surface area contributed by atoms with Crippen molar-refractivity contribution in [2.24, 2.45) is 0 Å². The van der Waals surface area contributed by atoms with E-state index in [0.29, 0.717) is 0 Å². The van der Waals surface area contributed by atoms with Crippen LogP contribution < -0.4 is 10.6 Å². The smallest absolute Gasteiger partial charge is 0.416 e. The first-order valence-electron chi connectivity index (χ1n) is 8.15. The summed E-state index contributed by atoms with van der Waals surface area (Å²) in [6, 6.07) is 10.2. The molecule has 28 heavy (non-hydrogen) atoms. The van der Waals surface area contributed by atoms with Gasteiger partial charge in [-0.1, -0.05) is 18.2 Å². The van der Waals surface area contributed by atoms with Crippen molar-refractivity contribution in [3.8, 4) is 0 Å². The van der Waals surface area contributed by atoms with Gasteiger partial charge in [-0.05, 0) is 30.3 Å². The van der Waals surface area contributed by atoms with Gasteiger partial charge in [0.25, 0.3) is 5.91 Å². The van der Waals surface area contributed by atoms with Gasteiger partial charge in [0.2, 0.25) is 5.91 Å². The van der Waals surface area contributed by atoms with Crippen LogP contribution in [-0.2, 0) is 20.5 Å². The van der Waals surface area contributed by atoms with Gasteiger partial charge in [-0.25, -0.2) is 0 Å². The molecule has 0 atom stereocenters. The van der Waals surface area contributed by atoms with E-state index in [4.69, 9.17) is 0 Å². The number of carbonyl (C=O) groups is 3. The molecule has 0 aromatic heterocycles. The normalized spacial score (nSPS) is 10.9. The van der Waals surface area contributed by atoms with Crippen molar-refractivity contribution in [1.82, 2.24) is 0 Å². The van der Waals surface area contributed by atoms with Crippen LogP contribution in [0.15, 0.2) is 48.5 Å². The summed E-state index contributed by atoms with van der Waals surface area (Å²) in [6.07, 6.45) is -4.80. The van der Waals surface area contributed by atoms with E-state index in [0.717, 1.165) is 12.1 Å². The largest absolute Gasteiger partial charge is 0.469 e. The summed E-state index contributed by atoms with van der Waals surface area (Å²) in [7, 11) is 1.20. The number of hydrogen-bond donors (Lipinski definition) is 2. The zero-order chi connectivity index (χ0) is 20.7. The van der Waals surface area contributed by atoms with E-state index in [9.17, 15) is 27.6 Å². The molecule has 0 bridgehead atoms. The fraction of sp³-hybridized carbons (Fsp3) is 0.211. The molecule has 0 spiro atoms. The molecule has 2 aromatic carbocycles. The first-order chi connectivity index (χ1) is 13.2. The summed E-state index contributed by atoms with van der Waals surface area (Å²) in [5.41, 5.74) is -0.700. The van der Waals surface area contributed by atoms with Crippen LogP contribution in [0.5, 0.6) is 0 Å². The maximum Gasteiger partial charge on any atom is 0.416 e. The number of rotatable bonds is 6. The van der Waals surface area contributed by atoms with E-state index in [1.54, 1.807) is 12.1 Å². The number of nitrogens with one attached hydrogen (secondary N) is 2. The van der Waals surface area contributed by atoms with E-state index in [-0.39, 0.29) is 29.8 Å². The summed E-state index contributed by atoms with van der Waals surface area (Å²) in [6.45, 7) is 0. The molecule has 6 nitrogen and oxygen atoms in total. The van der Waals surface area contributed by atoms with Gasteiger partial charge in [-0.2, -0.15) is 13.2 Å². The zero-order valence-corrected chi connectivity index (χ0v) is 14.8. The van der Waals surface area contributed by atoms with Crippen molar-refractivity contribution in [3.63, 3.8) is 0 Å². The average molecular weight is 394 g/mol. The van der Waals surface area contributed by atoms with Crippen molar-refractivity contribution in [2.75, 3.05) is 17.7 Å². The minimum absolute atomic E-state index is 0.0355. The van der Waals surface area contributed by atoms with Crippen LogP contribution in [0.1, 0.15) is 28.8 Å². The third-order valence-corrected chi connectivity index (χ3v) is 3.68. The Bertz CT molecular complexity index is 881. The molecule has 148 valence electrons. The van der Waals surface area contributed by atoms with Crippen LogP contribution >= 0.6 is 0 Å². The van der Waals surface area contributed by atoms with Crippen molar-refractivity contribution in [3.05, 3.63) is 59.7 Å². The molecule has 9 heteroatoms. The van der Waals surface area contributed by atoms with Crippen LogP contribution in [-0.4, -0.2) is 24.9 Å². The van der Waals surface area contributed by atoms with Gasteiger partial charge in [0.15, 0.2) is 0 Å². The number of para-hydroxylation sites is 1. The number of anilines is 2. The van der Waals surface area contributed by atoms with Gasteiger partial charge >= 0.3 is 12.1 Å². The number of halogens is 3. The predicted octanol–water partition coefficient (Wildman–Crippen LogP) is 3.85. The number of alkyl halides is 3. The third-order valence-electron chi connectivity index (χ3n) is 3.68. The van der Waals surface area contributed by atoms with Gasteiger partial charge in [0.1, 0.15) is 0 Å². The molecule has 0 heterocycles. The highest BCUT2D eigenvalue weighted by Crippen LogP contribution is 2.31. The first-order valence-corrected chi connectivity index (χ1v) is 8.15. The molecule has 0 saturated heterocycles. The number of methoxy groups -OCH3 is 1. The SMILES string of the molecule is COC(=O)CCC(=O)Nc1ccccc1C(=O)Nc1cccc(C(F)(F)F)c1. The average Bonchev–Trinajstić information content (AvgIpc) is 2.66. The fourth-order valence-corrected chi connectivity index (χ4v) is 2.29. The van der Waals surface area contributed by atoms with E-state index >= 15 is 0 Å². The number of amides is 2. The first kappa shape index (κ1) is 20.9. The van der Waals surface area contributed by atoms with Gasteiger partial charge in [0, 0.05) is 12.1 Å². The Balaban J connectivity index is 2.12. The number of esters is 1. The maximum atomic E-state index is 12.8. The lowest BCUT2D eigenvalue weighted by Crippen LogP contribution is -2.19. The Labute approximate surface area is 158 Å². The lowest BCUT2D eigenvalue weighted by molar-refractivity contribution is -0.141. The minimum atomic E-state index is -4.54. The highest BCUT2D eigenvalue weighted by Gasteiger charge is 2.30. The summed E-state index contributed by atoms with van der Waals surface area (Å²) in [5, 5.41) is 4.88. The Kier molecular flexibility index (Phi) is 6.75. The molecule has 0 aliphatic heterocycles. The van der Waals surface area contributed by atoms with Crippen LogP contribution in [0.4, 0.5) is 24.5 Å². The van der Waals surface area contributed by atoms with Crippen LogP contribution in [0.25, 0.3) is 0 Å². The number of ether oxygens (including phenoxy) is 1. The molecule has 0 saturated carbocycles. The molecule has 0 aliphatic carbocycles. The number of benzene rings is 2. The van der Waals surface area contributed by atoms with Crippen LogP contribution in [0.3, 0.4) is 0 Å². The van der Waals surface area contributed by atoms with Crippen LogP contribution in [0, 0.1) is 0 Å². The van der Waals surface area contributed by atoms with Crippen molar-refractivity contribution in [1.29, 1.82) is 0 Å². The molecule has 2 aromatic rings. The fourth-order valence-electron chi connectivity index (χ4n) is 2.29. The van der Waals surface area contributed by atoms with Gasteiger partial charge in [0.05, 0.1) is 30.3 Å². The molecular formula is C19H17F3N2O4. The summed E-state index contributed by atoms with van der Waals surface area (Å²) >= 11 is 0. The van der Waals surface area contributed by atoms with E-state index in [1.807, 2.05) is 0 Å². The quantitative estimate of drug-likeness (QED) is 0.729. The molecule has 2 amide bonds. The molecule has 2 N–H and O–H groups in total. The highest BCUT2D eigenvalue weighted by atomic mass is 19.4. The summed E-state index contributed by atoms with van der Waals surface area (Å²) in [5.74, 6) is -1.75. The van der Waals surface area contributed by atoms with Crippen molar-refractivity contribution >= 4 is 29.2 Å². The number of carbonyl (C=O) groups excluding carboxylic acids is 3. The van der Waals surface area contributed by atoms with E-state index in [1.165, 1.54) is 31.4 Å². The van der Waals surface area contributed by atoms with Gasteiger partial charge in [-0.15, -0.1) is 0 Å². The zero-order valence-electron chi connectivity index (χ0n) is 14.8. The lowest BCUT2D eigenvalue weighted by atomic mass is 10.1. The summed E-state index contributed by atoms with van der Waals surface area (Å²) in [4.78, 5) is 35.5. The topological polar surface area (TPSA) is 84.5 Å². The standard InChI is InChI=1S/C19H17F3N2O4/c1-28-17(26)10-9-16(25)24-15-8-3-2-7-14(15)18(27)23-13-6-4-5-12(11-13)19(20,21)22/h2-8,11H,9-10H2,1H3,(H,23,27)(H,24,25). The van der Waals surface area contributed by atoms with Gasteiger partial charge < -0.3 is 15.4 Å². The molecule has 0 fully saturated rings. The Morgan fingerprint density at radius 3 is 2.36 bits per heavy atom. The van der Waals surface area contributed by atoms with Crippen molar-refractivity contribution in [2.45, 2.75) is 19.0 Å². The molecule has 0 aliphatic rings. The number of hydrogen-bond acceptors (Lipinski definition) is 4. The van der Waals surface area contributed by atoms with Gasteiger partial charge in [-0.3, -0.25) is 14.4 Å². The second-order valence-electron chi connectivity index (χ2n) is 5.70. The molecule has 0 unspecified atom stereocenters. The third kappa shape index (κ3) is 5.83.